The molecular formula is C9H10N4. The molecule has 2 aromatic heterocycles. The molecule has 0 aromatic carbocycles. The fourth-order valence-electron chi connectivity index (χ4n) is 1.28. The van der Waals surface area contributed by atoms with Gasteiger partial charge in [0.25, 0.3) is 0 Å². The molecule has 4 heteroatoms. The maximum Gasteiger partial charge on any atom is 0.128 e. The summed E-state index contributed by atoms with van der Waals surface area (Å²) in [7, 11) is 0. The second-order valence-electron chi connectivity index (χ2n) is 2.81. The number of rotatable bonds is 1. The number of anilines is 1. The highest BCUT2D eigenvalue weighted by Gasteiger charge is 2.09. The zero-order chi connectivity index (χ0) is 9.26. The van der Waals surface area contributed by atoms with Gasteiger partial charge >= 0.3 is 0 Å². The second kappa shape index (κ2) is 2.90. The number of nitrogens with one attached hydrogen (secondary N) is 1. The Labute approximate surface area is 75.8 Å². The summed E-state index contributed by atoms with van der Waals surface area (Å²) in [6.45, 7) is 1.90. The van der Waals surface area contributed by atoms with Crippen LogP contribution in [0.4, 0.5) is 5.82 Å². The number of pyridine rings is 1. The van der Waals surface area contributed by atoms with Gasteiger partial charge in [-0.3, -0.25) is 10.1 Å². The van der Waals surface area contributed by atoms with E-state index in [0.717, 1.165) is 17.0 Å². The SMILES string of the molecule is Cc1n[nH]c(N)c1-c1ccccn1. The average molecular weight is 174 g/mol. The number of aromatic nitrogens is 3. The van der Waals surface area contributed by atoms with Crippen molar-refractivity contribution in [3.63, 3.8) is 0 Å². The molecule has 0 aliphatic heterocycles. The number of aromatic amines is 1. The van der Waals surface area contributed by atoms with Gasteiger partial charge in [-0.25, -0.2) is 0 Å². The summed E-state index contributed by atoms with van der Waals surface area (Å²) in [6, 6.07) is 5.71. The number of nitrogen functional groups attached to an aromatic ring is 1. The van der Waals surface area contributed by atoms with Crippen LogP contribution in [0, 0.1) is 6.92 Å². The largest absolute Gasteiger partial charge is 0.384 e. The number of hydrogen-bond donors (Lipinski definition) is 2. The van der Waals surface area contributed by atoms with Crippen LogP contribution in [0.15, 0.2) is 24.4 Å². The Morgan fingerprint density at radius 3 is 2.77 bits per heavy atom. The van der Waals surface area contributed by atoms with Crippen molar-refractivity contribution >= 4 is 5.82 Å². The monoisotopic (exact) mass is 174 g/mol. The lowest BCUT2D eigenvalue weighted by Gasteiger charge is -1.98. The standard InChI is InChI=1S/C9H10N4/c1-6-8(9(10)13-12-6)7-4-2-3-5-11-7/h2-5H,1H3,(H3,10,12,13). The van der Waals surface area contributed by atoms with Crippen LogP contribution in [0.2, 0.25) is 0 Å². The first-order chi connectivity index (χ1) is 6.29. The smallest absolute Gasteiger partial charge is 0.128 e. The molecule has 0 radical (unpaired) electrons. The van der Waals surface area contributed by atoms with Gasteiger partial charge in [0.2, 0.25) is 0 Å². The van der Waals surface area contributed by atoms with E-state index in [9.17, 15) is 0 Å². The van der Waals surface area contributed by atoms with Crippen LogP contribution in [-0.4, -0.2) is 15.2 Å². The molecule has 0 fully saturated rings. The first-order valence-electron chi connectivity index (χ1n) is 4.01. The molecule has 4 nitrogen and oxygen atoms in total. The molecular weight excluding hydrogens is 164 g/mol. The van der Waals surface area contributed by atoms with E-state index in [0.29, 0.717) is 5.82 Å². The third-order valence-electron chi connectivity index (χ3n) is 1.90. The van der Waals surface area contributed by atoms with Crippen molar-refractivity contribution in [2.24, 2.45) is 0 Å². The number of nitrogens with two attached hydrogens (primary N) is 1. The van der Waals surface area contributed by atoms with Gasteiger partial charge in [0, 0.05) is 6.20 Å². The van der Waals surface area contributed by atoms with Gasteiger partial charge in [-0.05, 0) is 19.1 Å². The number of H-pyrrole nitrogens is 1. The van der Waals surface area contributed by atoms with E-state index in [-0.39, 0.29) is 0 Å². The van der Waals surface area contributed by atoms with Crippen molar-refractivity contribution < 1.29 is 0 Å². The zero-order valence-corrected chi connectivity index (χ0v) is 7.28. The Kier molecular flexibility index (Phi) is 1.73. The zero-order valence-electron chi connectivity index (χ0n) is 7.28. The quantitative estimate of drug-likeness (QED) is 0.686. The highest BCUT2D eigenvalue weighted by molar-refractivity contribution is 5.72. The van der Waals surface area contributed by atoms with Crippen LogP contribution in [0.25, 0.3) is 11.3 Å². The Morgan fingerprint density at radius 2 is 2.23 bits per heavy atom. The molecule has 2 heterocycles. The molecule has 3 N–H and O–H groups in total. The highest BCUT2D eigenvalue weighted by Crippen LogP contribution is 2.24. The molecule has 0 atom stereocenters. The van der Waals surface area contributed by atoms with Gasteiger partial charge in [0.1, 0.15) is 5.82 Å². The van der Waals surface area contributed by atoms with E-state index in [1.54, 1.807) is 6.20 Å². The molecule has 0 saturated heterocycles. The fraction of sp³-hybridized carbons (Fsp3) is 0.111. The van der Waals surface area contributed by atoms with Gasteiger partial charge in [0.15, 0.2) is 0 Å². The van der Waals surface area contributed by atoms with Crippen molar-refractivity contribution in [1.29, 1.82) is 0 Å². The summed E-state index contributed by atoms with van der Waals surface area (Å²) in [4.78, 5) is 4.20. The lowest BCUT2D eigenvalue weighted by Crippen LogP contribution is -1.89. The lowest BCUT2D eigenvalue weighted by molar-refractivity contribution is 1.05. The second-order valence-corrected chi connectivity index (χ2v) is 2.81. The van der Waals surface area contributed by atoms with Gasteiger partial charge in [0.05, 0.1) is 17.0 Å². The normalized spacial score (nSPS) is 10.2. The van der Waals surface area contributed by atoms with Crippen LogP contribution in [0.3, 0.4) is 0 Å². The minimum absolute atomic E-state index is 0.566. The molecule has 66 valence electrons. The Balaban J connectivity index is 2.59. The molecule has 0 bridgehead atoms. The average Bonchev–Trinajstić information content (AvgIpc) is 2.48. The van der Waals surface area contributed by atoms with Crippen LogP contribution < -0.4 is 5.73 Å². The van der Waals surface area contributed by atoms with Crippen molar-refractivity contribution in [2.75, 3.05) is 5.73 Å². The van der Waals surface area contributed by atoms with Crippen LogP contribution in [-0.2, 0) is 0 Å². The van der Waals surface area contributed by atoms with Gasteiger partial charge in [-0.1, -0.05) is 6.07 Å². The summed E-state index contributed by atoms with van der Waals surface area (Å²) in [5.74, 6) is 0.566. The van der Waals surface area contributed by atoms with Crippen molar-refractivity contribution in [1.82, 2.24) is 15.2 Å². The summed E-state index contributed by atoms with van der Waals surface area (Å²) < 4.78 is 0. The molecule has 0 unspecified atom stereocenters. The predicted molar refractivity (Wildman–Crippen MR) is 51.0 cm³/mol. The van der Waals surface area contributed by atoms with E-state index < -0.39 is 0 Å². The third kappa shape index (κ3) is 1.26. The third-order valence-corrected chi connectivity index (χ3v) is 1.90. The van der Waals surface area contributed by atoms with E-state index >= 15 is 0 Å². The molecule has 2 rings (SSSR count). The summed E-state index contributed by atoms with van der Waals surface area (Å²) in [5, 5.41) is 6.73. The summed E-state index contributed by atoms with van der Waals surface area (Å²) in [5.41, 5.74) is 8.33. The fourth-order valence-corrected chi connectivity index (χ4v) is 1.28. The Bertz CT molecular complexity index is 385. The molecule has 0 aliphatic carbocycles. The molecule has 0 aliphatic rings. The molecule has 0 spiro atoms. The topological polar surface area (TPSA) is 67.6 Å². The number of hydrogen-bond acceptors (Lipinski definition) is 3. The number of aryl methyl sites for hydroxylation is 1. The summed E-state index contributed by atoms with van der Waals surface area (Å²) >= 11 is 0. The lowest BCUT2D eigenvalue weighted by atomic mass is 10.1. The molecule has 0 saturated carbocycles. The van der Waals surface area contributed by atoms with Crippen LogP contribution >= 0.6 is 0 Å². The van der Waals surface area contributed by atoms with E-state index in [1.165, 1.54) is 0 Å². The van der Waals surface area contributed by atoms with Crippen molar-refractivity contribution in [3.05, 3.63) is 30.1 Å². The van der Waals surface area contributed by atoms with Gasteiger partial charge < -0.3 is 5.73 Å². The summed E-state index contributed by atoms with van der Waals surface area (Å²) in [6.07, 6.45) is 1.74. The van der Waals surface area contributed by atoms with Crippen LogP contribution in [0.1, 0.15) is 5.69 Å². The maximum absolute atomic E-state index is 5.72. The van der Waals surface area contributed by atoms with Gasteiger partial charge in [-0.15, -0.1) is 0 Å². The molecule has 0 amide bonds. The Morgan fingerprint density at radius 1 is 1.38 bits per heavy atom. The number of nitrogens with zero attached hydrogens (tertiary/aromatic N) is 2. The minimum Gasteiger partial charge on any atom is -0.384 e. The first-order valence-corrected chi connectivity index (χ1v) is 4.01. The molecule has 13 heavy (non-hydrogen) atoms. The van der Waals surface area contributed by atoms with Gasteiger partial charge in [-0.2, -0.15) is 5.10 Å². The minimum atomic E-state index is 0.566. The first kappa shape index (κ1) is 7.79. The molecule has 2 aromatic rings. The van der Waals surface area contributed by atoms with E-state index in [4.69, 9.17) is 5.73 Å². The predicted octanol–water partition coefficient (Wildman–Crippen LogP) is 1.36. The van der Waals surface area contributed by atoms with Crippen molar-refractivity contribution in [2.45, 2.75) is 6.92 Å². The Hall–Kier alpha value is -1.84. The highest BCUT2D eigenvalue weighted by atomic mass is 15.2. The maximum atomic E-state index is 5.72. The van der Waals surface area contributed by atoms with Crippen molar-refractivity contribution in [3.8, 4) is 11.3 Å². The van der Waals surface area contributed by atoms with Crippen LogP contribution in [0.5, 0.6) is 0 Å². The van der Waals surface area contributed by atoms with E-state index in [1.807, 2.05) is 25.1 Å². The van der Waals surface area contributed by atoms with E-state index in [2.05, 4.69) is 15.2 Å².